The maximum Gasteiger partial charge on any atom is 0.276 e. The van der Waals surface area contributed by atoms with E-state index in [9.17, 15) is 9.59 Å². The second kappa shape index (κ2) is 6.75. The van der Waals surface area contributed by atoms with Crippen molar-refractivity contribution in [1.82, 2.24) is 14.6 Å². The van der Waals surface area contributed by atoms with Crippen molar-refractivity contribution in [2.45, 2.75) is 13.0 Å². The molecule has 7 heteroatoms. The molecule has 0 atom stereocenters. The Morgan fingerprint density at radius 3 is 2.63 bits per heavy atom. The highest BCUT2D eigenvalue weighted by Gasteiger charge is 2.34. The molecular weight excluding hydrogens is 346 g/mol. The molecule has 3 aromatic rings. The average Bonchev–Trinajstić information content (AvgIpc) is 3.13. The number of aromatic nitrogens is 2. The second-order valence-electron chi connectivity index (χ2n) is 6.62. The van der Waals surface area contributed by atoms with Crippen molar-refractivity contribution in [3.8, 4) is 17.1 Å². The molecule has 0 spiro atoms. The van der Waals surface area contributed by atoms with E-state index >= 15 is 0 Å². The molecule has 1 fully saturated rings. The first-order valence-electron chi connectivity index (χ1n) is 8.67. The third kappa shape index (κ3) is 3.36. The molecule has 138 valence electrons. The summed E-state index contributed by atoms with van der Waals surface area (Å²) in [5.74, 6) is 0.893. The van der Waals surface area contributed by atoms with Crippen LogP contribution in [0.3, 0.4) is 0 Å². The number of rotatable bonds is 4. The molecule has 0 aliphatic carbocycles. The number of pyridine rings is 1. The number of likely N-dealkylation sites (tertiary alicyclic amines) is 1. The van der Waals surface area contributed by atoms with E-state index in [1.165, 1.54) is 6.07 Å². The van der Waals surface area contributed by atoms with Gasteiger partial charge in [-0.05, 0) is 13.0 Å². The molecule has 2 aromatic heterocycles. The van der Waals surface area contributed by atoms with Gasteiger partial charge in [0.05, 0.1) is 13.1 Å². The zero-order valence-electron chi connectivity index (χ0n) is 15.1. The van der Waals surface area contributed by atoms with Gasteiger partial charge >= 0.3 is 0 Å². The number of carbonyl (C=O) groups is 1. The van der Waals surface area contributed by atoms with E-state index in [-0.39, 0.29) is 23.3 Å². The molecule has 0 bridgehead atoms. The number of benzene rings is 1. The standard InChI is InChI=1S/C20H19N3O4/c1-13-8-15(9-19(24)22(13)2)26-16-11-23(12-16)20(25)17-10-18(27-21-17)14-6-4-3-5-7-14/h3-10,16H,11-12H2,1-2H3. The van der Waals surface area contributed by atoms with Crippen LogP contribution in [0.4, 0.5) is 0 Å². The van der Waals surface area contributed by atoms with Crippen molar-refractivity contribution in [3.05, 3.63) is 70.3 Å². The number of ether oxygens (including phenoxy) is 1. The van der Waals surface area contributed by atoms with Crippen LogP contribution >= 0.6 is 0 Å². The van der Waals surface area contributed by atoms with Crippen molar-refractivity contribution in [3.63, 3.8) is 0 Å². The van der Waals surface area contributed by atoms with Gasteiger partial charge in [-0.3, -0.25) is 9.59 Å². The van der Waals surface area contributed by atoms with Crippen LogP contribution < -0.4 is 10.3 Å². The van der Waals surface area contributed by atoms with Gasteiger partial charge < -0.3 is 18.7 Å². The molecule has 4 rings (SSSR count). The summed E-state index contributed by atoms with van der Waals surface area (Å²) in [5.41, 5.74) is 1.85. The summed E-state index contributed by atoms with van der Waals surface area (Å²) >= 11 is 0. The zero-order chi connectivity index (χ0) is 19.0. The monoisotopic (exact) mass is 365 g/mol. The predicted octanol–water partition coefficient (Wildman–Crippen LogP) is 2.25. The lowest BCUT2D eigenvalue weighted by Crippen LogP contribution is -2.56. The fourth-order valence-electron chi connectivity index (χ4n) is 2.95. The first-order chi connectivity index (χ1) is 13.0. The Bertz CT molecular complexity index is 1030. The van der Waals surface area contributed by atoms with Crippen LogP contribution in [0.1, 0.15) is 16.2 Å². The van der Waals surface area contributed by atoms with Crippen LogP contribution in [0.25, 0.3) is 11.3 Å². The summed E-state index contributed by atoms with van der Waals surface area (Å²) < 4.78 is 12.6. The van der Waals surface area contributed by atoms with Crippen LogP contribution in [0.2, 0.25) is 0 Å². The van der Waals surface area contributed by atoms with E-state index in [2.05, 4.69) is 5.16 Å². The lowest BCUT2D eigenvalue weighted by molar-refractivity contribution is 0.0169. The van der Waals surface area contributed by atoms with Crippen molar-refractivity contribution in [2.75, 3.05) is 13.1 Å². The lowest BCUT2D eigenvalue weighted by Gasteiger charge is -2.38. The third-order valence-corrected chi connectivity index (χ3v) is 4.70. The summed E-state index contributed by atoms with van der Waals surface area (Å²) in [6, 6.07) is 14.4. The van der Waals surface area contributed by atoms with Gasteiger partial charge in [0.1, 0.15) is 11.9 Å². The van der Waals surface area contributed by atoms with E-state index in [0.29, 0.717) is 24.6 Å². The van der Waals surface area contributed by atoms with Crippen molar-refractivity contribution < 1.29 is 14.1 Å². The number of aryl methyl sites for hydroxylation is 1. The van der Waals surface area contributed by atoms with Crippen molar-refractivity contribution in [1.29, 1.82) is 0 Å². The van der Waals surface area contributed by atoms with E-state index in [0.717, 1.165) is 11.3 Å². The van der Waals surface area contributed by atoms with E-state index < -0.39 is 0 Å². The highest BCUT2D eigenvalue weighted by molar-refractivity contribution is 5.93. The number of amides is 1. The normalized spacial score (nSPS) is 14.1. The summed E-state index contributed by atoms with van der Waals surface area (Å²) in [6.45, 7) is 2.74. The van der Waals surface area contributed by atoms with E-state index in [1.54, 1.807) is 22.6 Å². The first-order valence-corrected chi connectivity index (χ1v) is 8.67. The summed E-state index contributed by atoms with van der Waals surface area (Å²) in [5, 5.41) is 3.89. The van der Waals surface area contributed by atoms with Crippen LogP contribution in [0.5, 0.6) is 5.75 Å². The predicted molar refractivity (Wildman–Crippen MR) is 98.7 cm³/mol. The summed E-state index contributed by atoms with van der Waals surface area (Å²) in [7, 11) is 1.72. The van der Waals surface area contributed by atoms with Gasteiger partial charge in [-0.1, -0.05) is 35.5 Å². The quantitative estimate of drug-likeness (QED) is 0.709. The Kier molecular flexibility index (Phi) is 4.27. The molecule has 0 radical (unpaired) electrons. The highest BCUT2D eigenvalue weighted by Crippen LogP contribution is 2.23. The minimum Gasteiger partial charge on any atom is -0.486 e. The molecule has 1 amide bonds. The first kappa shape index (κ1) is 17.1. The molecule has 0 N–H and O–H groups in total. The SMILES string of the molecule is Cc1cc(OC2CN(C(=O)c3cc(-c4ccccc4)on3)C2)cc(=O)n1C. The van der Waals surface area contributed by atoms with Gasteiger partial charge in [-0.15, -0.1) is 0 Å². The minimum absolute atomic E-state index is 0.117. The average molecular weight is 365 g/mol. The molecular formula is C20H19N3O4. The smallest absolute Gasteiger partial charge is 0.276 e. The highest BCUT2D eigenvalue weighted by atomic mass is 16.5. The Labute approximate surface area is 155 Å². The molecule has 0 unspecified atom stereocenters. The van der Waals surface area contributed by atoms with E-state index in [4.69, 9.17) is 9.26 Å². The Hall–Kier alpha value is -3.35. The third-order valence-electron chi connectivity index (χ3n) is 4.70. The molecule has 1 aliphatic heterocycles. The zero-order valence-corrected chi connectivity index (χ0v) is 15.1. The second-order valence-corrected chi connectivity index (χ2v) is 6.62. The molecule has 27 heavy (non-hydrogen) atoms. The molecule has 1 aliphatic rings. The Morgan fingerprint density at radius 1 is 1.19 bits per heavy atom. The number of nitrogens with zero attached hydrogens (tertiary/aromatic N) is 3. The number of hydrogen-bond acceptors (Lipinski definition) is 5. The van der Waals surface area contributed by atoms with Crippen LogP contribution in [-0.4, -0.2) is 39.7 Å². The molecule has 0 saturated carbocycles. The van der Waals surface area contributed by atoms with Gasteiger partial charge in [0.25, 0.3) is 11.5 Å². The van der Waals surface area contributed by atoms with Gasteiger partial charge in [0.2, 0.25) is 0 Å². The van der Waals surface area contributed by atoms with E-state index in [1.807, 2.05) is 43.3 Å². The summed E-state index contributed by atoms with van der Waals surface area (Å²) in [4.78, 5) is 26.0. The van der Waals surface area contributed by atoms with Gasteiger partial charge in [0, 0.05) is 30.4 Å². The topological polar surface area (TPSA) is 77.6 Å². The Morgan fingerprint density at radius 2 is 1.93 bits per heavy atom. The molecule has 1 aromatic carbocycles. The largest absolute Gasteiger partial charge is 0.486 e. The van der Waals surface area contributed by atoms with Crippen LogP contribution in [0, 0.1) is 6.92 Å². The number of hydrogen-bond donors (Lipinski definition) is 0. The van der Waals surface area contributed by atoms with Crippen molar-refractivity contribution in [2.24, 2.45) is 7.05 Å². The molecule has 3 heterocycles. The summed E-state index contributed by atoms with van der Waals surface area (Å²) in [6.07, 6.45) is -0.138. The van der Waals surface area contributed by atoms with Gasteiger partial charge in [0.15, 0.2) is 11.5 Å². The maximum atomic E-state index is 12.5. The minimum atomic E-state index is -0.194. The van der Waals surface area contributed by atoms with Crippen molar-refractivity contribution >= 4 is 5.91 Å². The Balaban J connectivity index is 1.38. The maximum absolute atomic E-state index is 12.5. The number of carbonyl (C=O) groups excluding carboxylic acids is 1. The molecule has 7 nitrogen and oxygen atoms in total. The van der Waals surface area contributed by atoms with Crippen LogP contribution in [-0.2, 0) is 7.05 Å². The van der Waals surface area contributed by atoms with Gasteiger partial charge in [-0.2, -0.15) is 0 Å². The fraction of sp³-hybridized carbons (Fsp3) is 0.250. The fourth-order valence-corrected chi connectivity index (χ4v) is 2.95. The van der Waals surface area contributed by atoms with Gasteiger partial charge in [-0.25, -0.2) is 0 Å². The van der Waals surface area contributed by atoms with Crippen LogP contribution in [0.15, 0.2) is 57.8 Å². The lowest BCUT2D eigenvalue weighted by atomic mass is 10.1. The molecule has 1 saturated heterocycles.